The molecule has 2 fully saturated rings. The largest absolute Gasteiger partial charge is 0.493 e. The summed E-state index contributed by atoms with van der Waals surface area (Å²) in [5, 5.41) is 3.39. The van der Waals surface area contributed by atoms with Gasteiger partial charge in [-0.15, -0.1) is 0 Å². The molecule has 5 heteroatoms. The molecular formula is C17H26N2O2S. The Labute approximate surface area is 137 Å². The van der Waals surface area contributed by atoms with E-state index in [-0.39, 0.29) is 0 Å². The number of benzene rings is 1. The SMILES string of the molecule is COc1c(CN2CCNCC2)cccc1OC1CCCSC1. The van der Waals surface area contributed by atoms with Crippen LogP contribution < -0.4 is 14.8 Å². The van der Waals surface area contributed by atoms with Gasteiger partial charge in [-0.05, 0) is 24.7 Å². The molecule has 1 aromatic carbocycles. The molecule has 0 radical (unpaired) electrons. The number of hydrogen-bond donors (Lipinski definition) is 1. The minimum Gasteiger partial charge on any atom is -0.493 e. The van der Waals surface area contributed by atoms with Gasteiger partial charge in [0.2, 0.25) is 0 Å². The van der Waals surface area contributed by atoms with Crippen LogP contribution in [0.2, 0.25) is 0 Å². The molecule has 0 spiro atoms. The molecule has 2 saturated heterocycles. The lowest BCUT2D eigenvalue weighted by Gasteiger charge is -2.28. The Morgan fingerprint density at radius 3 is 2.91 bits per heavy atom. The fourth-order valence-corrected chi connectivity index (χ4v) is 4.14. The van der Waals surface area contributed by atoms with Gasteiger partial charge in [0.25, 0.3) is 0 Å². The van der Waals surface area contributed by atoms with Gasteiger partial charge in [0.15, 0.2) is 11.5 Å². The van der Waals surface area contributed by atoms with Crippen LogP contribution in [0.25, 0.3) is 0 Å². The van der Waals surface area contributed by atoms with E-state index in [4.69, 9.17) is 9.47 Å². The molecule has 0 amide bonds. The first kappa shape index (κ1) is 16.0. The smallest absolute Gasteiger partial charge is 0.165 e. The van der Waals surface area contributed by atoms with Crippen LogP contribution in [0.3, 0.4) is 0 Å². The molecular weight excluding hydrogens is 296 g/mol. The van der Waals surface area contributed by atoms with Crippen LogP contribution in [-0.4, -0.2) is 55.8 Å². The second kappa shape index (κ2) is 8.09. The zero-order chi connectivity index (χ0) is 15.2. The molecule has 0 aliphatic carbocycles. The Kier molecular flexibility index (Phi) is 5.87. The molecule has 0 saturated carbocycles. The van der Waals surface area contributed by atoms with Crippen LogP contribution in [-0.2, 0) is 6.54 Å². The summed E-state index contributed by atoms with van der Waals surface area (Å²) in [4.78, 5) is 2.47. The highest BCUT2D eigenvalue weighted by Crippen LogP contribution is 2.34. The van der Waals surface area contributed by atoms with Gasteiger partial charge in [0, 0.05) is 44.0 Å². The number of nitrogens with zero attached hydrogens (tertiary/aromatic N) is 1. The quantitative estimate of drug-likeness (QED) is 0.900. The average molecular weight is 322 g/mol. The van der Waals surface area contributed by atoms with Crippen LogP contribution in [0.5, 0.6) is 11.5 Å². The van der Waals surface area contributed by atoms with Crippen molar-refractivity contribution < 1.29 is 9.47 Å². The third-order valence-electron chi connectivity index (χ3n) is 4.28. The van der Waals surface area contributed by atoms with Crippen molar-refractivity contribution in [3.05, 3.63) is 23.8 Å². The number of rotatable bonds is 5. The van der Waals surface area contributed by atoms with Crippen molar-refractivity contribution >= 4 is 11.8 Å². The van der Waals surface area contributed by atoms with Gasteiger partial charge in [-0.3, -0.25) is 4.90 Å². The van der Waals surface area contributed by atoms with E-state index in [0.29, 0.717) is 6.10 Å². The van der Waals surface area contributed by atoms with Crippen molar-refractivity contribution in [2.24, 2.45) is 0 Å². The van der Waals surface area contributed by atoms with E-state index >= 15 is 0 Å². The fourth-order valence-electron chi connectivity index (χ4n) is 3.10. The summed E-state index contributed by atoms with van der Waals surface area (Å²) in [6, 6.07) is 6.29. The van der Waals surface area contributed by atoms with E-state index < -0.39 is 0 Å². The Balaban J connectivity index is 1.71. The van der Waals surface area contributed by atoms with Crippen molar-refractivity contribution in [1.82, 2.24) is 10.2 Å². The number of ether oxygens (including phenoxy) is 2. The van der Waals surface area contributed by atoms with Gasteiger partial charge in [0.05, 0.1) is 7.11 Å². The van der Waals surface area contributed by atoms with Gasteiger partial charge in [0.1, 0.15) is 6.10 Å². The van der Waals surface area contributed by atoms with Gasteiger partial charge < -0.3 is 14.8 Å². The van der Waals surface area contributed by atoms with Crippen LogP contribution in [0, 0.1) is 0 Å². The molecule has 0 bridgehead atoms. The van der Waals surface area contributed by atoms with Crippen LogP contribution in [0.15, 0.2) is 18.2 Å². The molecule has 1 unspecified atom stereocenters. The number of hydrogen-bond acceptors (Lipinski definition) is 5. The third kappa shape index (κ3) is 4.09. The van der Waals surface area contributed by atoms with Gasteiger partial charge in [-0.2, -0.15) is 11.8 Å². The number of para-hydroxylation sites is 1. The lowest BCUT2D eigenvalue weighted by molar-refractivity contribution is 0.198. The highest BCUT2D eigenvalue weighted by molar-refractivity contribution is 7.99. The van der Waals surface area contributed by atoms with Crippen molar-refractivity contribution in [2.45, 2.75) is 25.5 Å². The molecule has 1 N–H and O–H groups in total. The number of piperazine rings is 1. The van der Waals surface area contributed by atoms with Crippen LogP contribution in [0.4, 0.5) is 0 Å². The molecule has 122 valence electrons. The predicted octanol–water partition coefficient (Wildman–Crippen LogP) is 2.37. The Morgan fingerprint density at radius 1 is 1.32 bits per heavy atom. The minimum atomic E-state index is 0.321. The standard InChI is InChI=1S/C17H26N2O2S/c1-20-17-14(12-19-9-7-18-8-10-19)4-2-6-16(17)21-15-5-3-11-22-13-15/h2,4,6,15,18H,3,5,7-13H2,1H3. The molecule has 2 aliphatic rings. The highest BCUT2D eigenvalue weighted by Gasteiger charge is 2.20. The second-order valence-electron chi connectivity index (χ2n) is 5.93. The van der Waals surface area contributed by atoms with Gasteiger partial charge in [-0.1, -0.05) is 12.1 Å². The molecule has 1 aromatic rings. The van der Waals surface area contributed by atoms with E-state index in [2.05, 4.69) is 22.3 Å². The molecule has 1 atom stereocenters. The summed E-state index contributed by atoms with van der Waals surface area (Å²) in [6.45, 7) is 5.25. The minimum absolute atomic E-state index is 0.321. The summed E-state index contributed by atoms with van der Waals surface area (Å²) in [5.41, 5.74) is 1.23. The maximum Gasteiger partial charge on any atom is 0.165 e. The zero-order valence-electron chi connectivity index (χ0n) is 13.3. The number of thioether (sulfide) groups is 1. The van der Waals surface area contributed by atoms with Crippen molar-refractivity contribution in [1.29, 1.82) is 0 Å². The lowest BCUT2D eigenvalue weighted by Crippen LogP contribution is -2.42. The molecule has 2 aliphatic heterocycles. The zero-order valence-corrected chi connectivity index (χ0v) is 14.2. The topological polar surface area (TPSA) is 33.7 Å². The average Bonchev–Trinajstić information content (AvgIpc) is 2.57. The Morgan fingerprint density at radius 2 is 2.18 bits per heavy atom. The molecule has 22 heavy (non-hydrogen) atoms. The third-order valence-corrected chi connectivity index (χ3v) is 5.47. The van der Waals surface area contributed by atoms with E-state index in [1.54, 1.807) is 7.11 Å². The number of nitrogens with one attached hydrogen (secondary N) is 1. The summed E-state index contributed by atoms with van der Waals surface area (Å²) in [6.07, 6.45) is 2.72. The highest BCUT2D eigenvalue weighted by atomic mass is 32.2. The van der Waals surface area contributed by atoms with Gasteiger partial charge >= 0.3 is 0 Å². The lowest BCUT2D eigenvalue weighted by atomic mass is 10.1. The molecule has 3 rings (SSSR count). The first-order valence-corrected chi connectivity index (χ1v) is 9.35. The van der Waals surface area contributed by atoms with Crippen molar-refractivity contribution in [2.75, 3.05) is 44.8 Å². The fraction of sp³-hybridized carbons (Fsp3) is 0.647. The van der Waals surface area contributed by atoms with Crippen LogP contribution >= 0.6 is 11.8 Å². The maximum absolute atomic E-state index is 6.23. The first-order chi connectivity index (χ1) is 10.9. The Bertz CT molecular complexity index is 433. The normalized spacial score (nSPS) is 23.2. The van der Waals surface area contributed by atoms with E-state index in [1.807, 2.05) is 17.8 Å². The molecule has 4 nitrogen and oxygen atoms in total. The summed E-state index contributed by atoms with van der Waals surface area (Å²) >= 11 is 1.99. The summed E-state index contributed by atoms with van der Waals surface area (Å²) < 4.78 is 11.9. The van der Waals surface area contributed by atoms with E-state index in [9.17, 15) is 0 Å². The second-order valence-corrected chi connectivity index (χ2v) is 7.08. The first-order valence-electron chi connectivity index (χ1n) is 8.20. The Hall–Kier alpha value is -0.910. The molecule has 0 aromatic heterocycles. The van der Waals surface area contributed by atoms with E-state index in [0.717, 1.165) is 56.4 Å². The van der Waals surface area contributed by atoms with Crippen molar-refractivity contribution in [3.63, 3.8) is 0 Å². The number of methoxy groups -OCH3 is 1. The van der Waals surface area contributed by atoms with Crippen molar-refractivity contribution in [3.8, 4) is 11.5 Å². The van der Waals surface area contributed by atoms with E-state index in [1.165, 1.54) is 17.7 Å². The van der Waals surface area contributed by atoms with Crippen LogP contribution in [0.1, 0.15) is 18.4 Å². The predicted molar refractivity (Wildman–Crippen MR) is 92.1 cm³/mol. The van der Waals surface area contributed by atoms with Gasteiger partial charge in [-0.25, -0.2) is 0 Å². The maximum atomic E-state index is 6.23. The summed E-state index contributed by atoms with van der Waals surface area (Å²) in [5.74, 6) is 4.17. The summed E-state index contributed by atoms with van der Waals surface area (Å²) in [7, 11) is 1.75. The monoisotopic (exact) mass is 322 g/mol. The molecule has 2 heterocycles.